The third kappa shape index (κ3) is 5.84. The highest BCUT2D eigenvalue weighted by Crippen LogP contribution is 2.33. The van der Waals surface area contributed by atoms with Crippen LogP contribution in [-0.2, 0) is 0 Å². The maximum Gasteiger partial charge on any atom is 0.257 e. The monoisotopic (exact) mass is 465 g/mol. The molecule has 174 valence electrons. The molecule has 1 atom stereocenters. The Bertz CT molecular complexity index is 1150. The first-order chi connectivity index (χ1) is 16.2. The van der Waals surface area contributed by atoms with E-state index in [0.29, 0.717) is 23.1 Å². The van der Waals surface area contributed by atoms with Gasteiger partial charge in [-0.1, -0.05) is 19.1 Å². The van der Waals surface area contributed by atoms with Gasteiger partial charge in [-0.15, -0.1) is 11.8 Å². The first-order valence-corrected chi connectivity index (χ1v) is 12.8. The van der Waals surface area contributed by atoms with Gasteiger partial charge in [-0.05, 0) is 61.0 Å². The molecule has 2 aliphatic rings. The van der Waals surface area contributed by atoms with Gasteiger partial charge in [0.1, 0.15) is 5.75 Å². The minimum absolute atomic E-state index is 0.211. The molecule has 1 aliphatic heterocycles. The molecular weight excluding hydrogens is 434 g/mol. The topological polar surface area (TPSA) is 72.7 Å². The lowest BCUT2D eigenvalue weighted by Gasteiger charge is -2.17. The number of aromatic nitrogens is 1. The Hall–Kier alpha value is -2.64. The summed E-state index contributed by atoms with van der Waals surface area (Å²) in [5.41, 5.74) is 2.87. The molecule has 0 spiro atoms. The lowest BCUT2D eigenvalue weighted by molar-refractivity contribution is 0.0910. The van der Waals surface area contributed by atoms with Gasteiger partial charge >= 0.3 is 0 Å². The zero-order chi connectivity index (χ0) is 23.0. The van der Waals surface area contributed by atoms with Gasteiger partial charge in [-0.25, -0.2) is 4.57 Å². The number of fused-ring (bicyclic) bond motifs is 2. The third-order valence-electron chi connectivity index (χ3n) is 5.88. The Morgan fingerprint density at radius 3 is 3.00 bits per heavy atom. The maximum atomic E-state index is 12.2. The van der Waals surface area contributed by atoms with E-state index in [2.05, 4.69) is 23.5 Å². The molecule has 1 unspecified atom stereocenters. The number of pyridine rings is 1. The van der Waals surface area contributed by atoms with Crippen LogP contribution in [0.15, 0.2) is 63.9 Å². The SMILES string of the molecule is CCC(=O)n1c(=O)ccc2ccc(OCCCCNCCN=C3C=CCC4SCC=C34)cc21. The number of aliphatic imine (C=N–C) groups is 1. The van der Waals surface area contributed by atoms with Crippen LogP contribution in [0.3, 0.4) is 0 Å². The van der Waals surface area contributed by atoms with Crippen LogP contribution in [0.2, 0.25) is 0 Å². The number of hydrogen-bond donors (Lipinski definition) is 1. The lowest BCUT2D eigenvalue weighted by Crippen LogP contribution is -2.25. The summed E-state index contributed by atoms with van der Waals surface area (Å²) < 4.78 is 7.11. The number of nitrogens with zero attached hydrogens (tertiary/aromatic N) is 2. The Morgan fingerprint density at radius 2 is 2.12 bits per heavy atom. The Kier molecular flexibility index (Phi) is 8.18. The van der Waals surface area contributed by atoms with E-state index < -0.39 is 0 Å². The molecule has 1 aromatic heterocycles. The van der Waals surface area contributed by atoms with Gasteiger partial charge in [0.2, 0.25) is 5.91 Å². The number of unbranched alkanes of at least 4 members (excludes halogenated alkanes) is 1. The number of ether oxygens (including phenoxy) is 1. The largest absolute Gasteiger partial charge is 0.494 e. The van der Waals surface area contributed by atoms with Crippen LogP contribution in [0.4, 0.5) is 0 Å². The number of thioether (sulfide) groups is 1. The van der Waals surface area contributed by atoms with Crippen molar-refractivity contribution in [2.45, 2.75) is 37.9 Å². The zero-order valence-electron chi connectivity index (χ0n) is 19.1. The van der Waals surface area contributed by atoms with Gasteiger partial charge in [0.25, 0.3) is 5.56 Å². The summed E-state index contributed by atoms with van der Waals surface area (Å²) in [5.74, 6) is 1.57. The van der Waals surface area contributed by atoms with Gasteiger partial charge in [-0.3, -0.25) is 14.6 Å². The molecule has 0 fully saturated rings. The molecule has 33 heavy (non-hydrogen) atoms. The molecule has 6 nitrogen and oxygen atoms in total. The number of carbonyl (C=O) groups excluding carboxylic acids is 1. The number of hydrogen-bond acceptors (Lipinski definition) is 6. The molecule has 4 rings (SSSR count). The predicted molar refractivity (Wildman–Crippen MR) is 137 cm³/mol. The molecule has 7 heteroatoms. The fourth-order valence-electron chi connectivity index (χ4n) is 4.12. The van der Waals surface area contributed by atoms with Crippen LogP contribution >= 0.6 is 11.8 Å². The average Bonchev–Trinajstić information content (AvgIpc) is 3.32. The van der Waals surface area contributed by atoms with Crippen molar-refractivity contribution in [3.63, 3.8) is 0 Å². The Labute approximate surface area is 198 Å². The summed E-state index contributed by atoms with van der Waals surface area (Å²) in [6, 6.07) is 8.72. The van der Waals surface area contributed by atoms with Gasteiger partial charge in [0.15, 0.2) is 0 Å². The van der Waals surface area contributed by atoms with Crippen molar-refractivity contribution in [2.24, 2.45) is 4.99 Å². The molecule has 1 N–H and O–H groups in total. The van der Waals surface area contributed by atoms with Crippen molar-refractivity contribution in [3.05, 3.63) is 64.5 Å². The van der Waals surface area contributed by atoms with E-state index in [1.165, 1.54) is 16.2 Å². The second kappa shape index (κ2) is 11.5. The molecule has 1 aliphatic carbocycles. The van der Waals surface area contributed by atoms with Gasteiger partial charge in [-0.2, -0.15) is 0 Å². The average molecular weight is 466 g/mol. The maximum absolute atomic E-state index is 12.2. The highest BCUT2D eigenvalue weighted by atomic mass is 32.2. The normalized spacial score (nSPS) is 18.5. The summed E-state index contributed by atoms with van der Waals surface area (Å²) in [5, 5.41) is 4.91. The summed E-state index contributed by atoms with van der Waals surface area (Å²) in [6.45, 7) is 4.93. The van der Waals surface area contributed by atoms with Crippen molar-refractivity contribution in [1.82, 2.24) is 9.88 Å². The molecule has 0 amide bonds. The molecule has 2 aromatic rings. The molecule has 0 saturated carbocycles. The highest BCUT2D eigenvalue weighted by Gasteiger charge is 2.24. The van der Waals surface area contributed by atoms with Crippen molar-refractivity contribution < 1.29 is 9.53 Å². The minimum atomic E-state index is -0.305. The quantitative estimate of drug-likeness (QED) is 0.531. The van der Waals surface area contributed by atoms with Crippen molar-refractivity contribution in [2.75, 3.05) is 32.0 Å². The predicted octanol–water partition coefficient (Wildman–Crippen LogP) is 4.24. The van der Waals surface area contributed by atoms with Crippen molar-refractivity contribution in [1.29, 1.82) is 0 Å². The summed E-state index contributed by atoms with van der Waals surface area (Å²) in [4.78, 5) is 29.1. The van der Waals surface area contributed by atoms with Crippen LogP contribution in [0.1, 0.15) is 37.4 Å². The van der Waals surface area contributed by atoms with E-state index in [1.54, 1.807) is 19.1 Å². The summed E-state index contributed by atoms with van der Waals surface area (Å²) in [7, 11) is 0. The molecule has 2 heterocycles. The highest BCUT2D eigenvalue weighted by molar-refractivity contribution is 8.00. The number of carbonyl (C=O) groups is 1. The van der Waals surface area contributed by atoms with Crippen LogP contribution in [0.25, 0.3) is 10.9 Å². The molecule has 0 bridgehead atoms. The molecule has 1 aromatic carbocycles. The first-order valence-electron chi connectivity index (χ1n) is 11.7. The van der Waals surface area contributed by atoms with Gasteiger partial charge < -0.3 is 10.1 Å². The zero-order valence-corrected chi connectivity index (χ0v) is 19.9. The first kappa shape index (κ1) is 23.5. The van der Waals surface area contributed by atoms with Crippen molar-refractivity contribution >= 4 is 34.3 Å². The number of allylic oxidation sites excluding steroid dienone is 2. The lowest BCUT2D eigenvalue weighted by atomic mass is 9.98. The minimum Gasteiger partial charge on any atom is -0.494 e. The van der Waals surface area contributed by atoms with E-state index in [-0.39, 0.29) is 17.9 Å². The van der Waals surface area contributed by atoms with Crippen LogP contribution < -0.4 is 15.6 Å². The van der Waals surface area contributed by atoms with Crippen molar-refractivity contribution in [3.8, 4) is 5.75 Å². The number of rotatable bonds is 10. The van der Waals surface area contributed by atoms with Gasteiger partial charge in [0.05, 0.1) is 24.4 Å². The second-order valence-electron chi connectivity index (χ2n) is 8.17. The fraction of sp³-hybridized carbons (Fsp3) is 0.423. The Balaban J connectivity index is 1.18. The van der Waals surface area contributed by atoms with Crippen LogP contribution in [0.5, 0.6) is 5.75 Å². The Morgan fingerprint density at radius 1 is 1.24 bits per heavy atom. The standard InChI is InChI=1S/C26H31N3O3S/c1-2-25(30)29-23-18-20(10-8-19(23)9-11-26(29)31)32-16-4-3-13-27-14-15-28-22-6-5-7-24-21(22)12-17-33-24/h5-6,8-12,18,24,27H,2-4,7,13-17H2,1H3. The van der Waals surface area contributed by atoms with E-state index >= 15 is 0 Å². The summed E-state index contributed by atoms with van der Waals surface area (Å²) in [6.07, 6.45) is 10.1. The smallest absolute Gasteiger partial charge is 0.257 e. The number of benzene rings is 1. The fourth-order valence-corrected chi connectivity index (χ4v) is 5.28. The molecule has 0 radical (unpaired) electrons. The van der Waals surface area contributed by atoms with E-state index in [1.807, 2.05) is 23.9 Å². The van der Waals surface area contributed by atoms with E-state index in [0.717, 1.165) is 55.7 Å². The number of nitrogens with one attached hydrogen (secondary N) is 1. The van der Waals surface area contributed by atoms with Gasteiger partial charge in [0, 0.05) is 36.1 Å². The third-order valence-corrected chi connectivity index (χ3v) is 7.08. The van der Waals surface area contributed by atoms with E-state index in [4.69, 9.17) is 9.73 Å². The molecule has 0 saturated heterocycles. The second-order valence-corrected chi connectivity index (χ2v) is 9.40. The van der Waals surface area contributed by atoms with E-state index in [9.17, 15) is 9.59 Å². The van der Waals surface area contributed by atoms with Crippen LogP contribution in [0, 0.1) is 0 Å². The molecular formula is C26H31N3O3S. The van der Waals surface area contributed by atoms with Crippen LogP contribution in [-0.4, -0.2) is 53.4 Å². The summed E-state index contributed by atoms with van der Waals surface area (Å²) >= 11 is 2.00.